The van der Waals surface area contributed by atoms with Crippen molar-refractivity contribution >= 4 is 10.9 Å². The van der Waals surface area contributed by atoms with Gasteiger partial charge < -0.3 is 10.1 Å². The second-order valence-corrected chi connectivity index (χ2v) is 8.68. The summed E-state index contributed by atoms with van der Waals surface area (Å²) < 4.78 is 1.86. The van der Waals surface area contributed by atoms with Crippen LogP contribution in [0.5, 0.6) is 0 Å². The van der Waals surface area contributed by atoms with Gasteiger partial charge >= 0.3 is 0 Å². The molecule has 8 nitrogen and oxygen atoms in total. The SMILES string of the molecule is CCC(c1nnnn1CCc1ccccc1)N(CCCO)Cc1cc2cc(C)ccc2[nH]c1=O. The summed E-state index contributed by atoms with van der Waals surface area (Å²) >= 11 is 0. The molecule has 2 N–H and O–H groups in total. The van der Waals surface area contributed by atoms with E-state index in [4.69, 9.17) is 0 Å². The number of tetrazole rings is 1. The first-order chi connectivity index (χ1) is 16.6. The van der Waals surface area contributed by atoms with Crippen molar-refractivity contribution in [2.75, 3.05) is 13.2 Å². The summed E-state index contributed by atoms with van der Waals surface area (Å²) in [6.45, 7) is 5.97. The fraction of sp³-hybridized carbons (Fsp3) is 0.385. The highest BCUT2D eigenvalue weighted by Gasteiger charge is 2.25. The lowest BCUT2D eigenvalue weighted by molar-refractivity contribution is 0.152. The number of nitrogens with zero attached hydrogens (tertiary/aromatic N) is 5. The van der Waals surface area contributed by atoms with Crippen LogP contribution in [0.4, 0.5) is 0 Å². The normalized spacial score (nSPS) is 12.5. The van der Waals surface area contributed by atoms with Gasteiger partial charge in [-0.2, -0.15) is 0 Å². The van der Waals surface area contributed by atoms with E-state index in [1.807, 2.05) is 48.0 Å². The molecular formula is C26H32N6O2. The fourth-order valence-corrected chi connectivity index (χ4v) is 4.42. The Kier molecular flexibility index (Phi) is 7.82. The van der Waals surface area contributed by atoms with Crippen LogP contribution in [-0.4, -0.2) is 48.3 Å². The summed E-state index contributed by atoms with van der Waals surface area (Å²) in [4.78, 5) is 18.1. The van der Waals surface area contributed by atoms with E-state index in [9.17, 15) is 9.90 Å². The number of aryl methyl sites for hydroxylation is 3. The second kappa shape index (κ2) is 11.2. The minimum atomic E-state index is -0.0936. The molecule has 2 aromatic heterocycles. The number of hydrogen-bond donors (Lipinski definition) is 2. The zero-order valence-corrected chi connectivity index (χ0v) is 19.8. The van der Waals surface area contributed by atoms with Crippen molar-refractivity contribution in [2.45, 2.75) is 52.2 Å². The number of H-pyrrole nitrogens is 1. The van der Waals surface area contributed by atoms with Crippen LogP contribution in [0.15, 0.2) is 59.4 Å². The van der Waals surface area contributed by atoms with E-state index in [1.54, 1.807) is 0 Å². The van der Waals surface area contributed by atoms with Crippen molar-refractivity contribution in [2.24, 2.45) is 0 Å². The van der Waals surface area contributed by atoms with Crippen molar-refractivity contribution < 1.29 is 5.11 Å². The van der Waals surface area contributed by atoms with E-state index in [0.29, 0.717) is 31.6 Å². The molecule has 34 heavy (non-hydrogen) atoms. The zero-order chi connectivity index (χ0) is 23.9. The maximum absolute atomic E-state index is 12.9. The number of aliphatic hydroxyl groups is 1. The topological polar surface area (TPSA) is 99.9 Å². The molecule has 0 saturated heterocycles. The van der Waals surface area contributed by atoms with Gasteiger partial charge in [-0.3, -0.25) is 9.69 Å². The van der Waals surface area contributed by atoms with Crippen molar-refractivity contribution in [1.82, 2.24) is 30.1 Å². The van der Waals surface area contributed by atoms with Crippen LogP contribution < -0.4 is 5.56 Å². The molecule has 1 unspecified atom stereocenters. The van der Waals surface area contributed by atoms with Gasteiger partial charge in [0.05, 0.1) is 6.04 Å². The van der Waals surface area contributed by atoms with Gasteiger partial charge in [0.2, 0.25) is 0 Å². The molecule has 0 spiro atoms. The largest absolute Gasteiger partial charge is 0.396 e. The quantitative estimate of drug-likeness (QED) is 0.356. The Bertz CT molecular complexity index is 1270. The van der Waals surface area contributed by atoms with Crippen molar-refractivity contribution in [1.29, 1.82) is 0 Å². The number of aromatic nitrogens is 5. The molecule has 0 bridgehead atoms. The van der Waals surface area contributed by atoms with Gasteiger partial charge in [-0.1, -0.05) is 48.9 Å². The van der Waals surface area contributed by atoms with E-state index in [2.05, 4.69) is 50.5 Å². The maximum Gasteiger partial charge on any atom is 0.252 e. The lowest BCUT2D eigenvalue weighted by Crippen LogP contribution is -2.34. The van der Waals surface area contributed by atoms with Gasteiger partial charge in [0.15, 0.2) is 5.82 Å². The number of benzene rings is 2. The van der Waals surface area contributed by atoms with Crippen LogP contribution in [0.2, 0.25) is 0 Å². The van der Waals surface area contributed by atoms with E-state index in [1.165, 1.54) is 5.56 Å². The molecule has 0 fully saturated rings. The summed E-state index contributed by atoms with van der Waals surface area (Å²) in [6.07, 6.45) is 2.21. The predicted molar refractivity (Wildman–Crippen MR) is 132 cm³/mol. The third kappa shape index (κ3) is 5.58. The third-order valence-electron chi connectivity index (χ3n) is 6.19. The number of fused-ring (bicyclic) bond motifs is 1. The molecular weight excluding hydrogens is 428 g/mol. The fourth-order valence-electron chi connectivity index (χ4n) is 4.42. The highest BCUT2D eigenvalue weighted by molar-refractivity contribution is 5.79. The molecule has 1 atom stereocenters. The number of aromatic amines is 1. The molecule has 178 valence electrons. The molecule has 2 heterocycles. The number of nitrogens with one attached hydrogen (secondary N) is 1. The zero-order valence-electron chi connectivity index (χ0n) is 19.8. The summed E-state index contributed by atoms with van der Waals surface area (Å²) in [5, 5.41) is 23.1. The van der Waals surface area contributed by atoms with Gasteiger partial charge in [-0.05, 0) is 65.8 Å². The minimum Gasteiger partial charge on any atom is -0.396 e. The standard InChI is InChI=1S/C26H32N6O2/c1-3-24(25-28-29-30-32(25)14-12-20-8-5-4-6-9-20)31(13-7-15-33)18-22-17-21-16-19(2)10-11-23(21)27-26(22)34/h4-6,8-11,16-17,24,33H,3,7,12-15,18H2,1-2H3,(H,27,34). The number of pyridine rings is 1. The maximum atomic E-state index is 12.9. The molecule has 0 aliphatic rings. The second-order valence-electron chi connectivity index (χ2n) is 8.68. The van der Waals surface area contributed by atoms with E-state index in [0.717, 1.165) is 35.1 Å². The average molecular weight is 461 g/mol. The van der Waals surface area contributed by atoms with Crippen LogP contribution in [-0.2, 0) is 19.5 Å². The molecule has 0 radical (unpaired) electrons. The summed E-state index contributed by atoms with van der Waals surface area (Å²) in [5.41, 5.74) is 3.80. The van der Waals surface area contributed by atoms with Gasteiger partial charge in [0.25, 0.3) is 5.56 Å². The molecule has 2 aromatic carbocycles. The molecule has 0 aliphatic carbocycles. The molecule has 4 aromatic rings. The Morgan fingerprint density at radius 2 is 1.97 bits per heavy atom. The number of aliphatic hydroxyl groups excluding tert-OH is 1. The number of hydrogen-bond acceptors (Lipinski definition) is 6. The van der Waals surface area contributed by atoms with E-state index in [-0.39, 0.29) is 18.2 Å². The lowest BCUT2D eigenvalue weighted by atomic mass is 10.1. The van der Waals surface area contributed by atoms with E-state index < -0.39 is 0 Å². The lowest BCUT2D eigenvalue weighted by Gasteiger charge is -2.30. The first-order valence-corrected chi connectivity index (χ1v) is 11.9. The Hall–Kier alpha value is -3.36. The summed E-state index contributed by atoms with van der Waals surface area (Å²) in [5.74, 6) is 0.782. The smallest absolute Gasteiger partial charge is 0.252 e. The monoisotopic (exact) mass is 460 g/mol. The third-order valence-corrected chi connectivity index (χ3v) is 6.19. The Labute approximate surface area is 199 Å². The average Bonchev–Trinajstić information content (AvgIpc) is 3.31. The van der Waals surface area contributed by atoms with Crippen LogP contribution in [0.25, 0.3) is 10.9 Å². The Morgan fingerprint density at radius 3 is 2.74 bits per heavy atom. The summed E-state index contributed by atoms with van der Waals surface area (Å²) in [7, 11) is 0. The predicted octanol–water partition coefficient (Wildman–Crippen LogP) is 3.40. The van der Waals surface area contributed by atoms with Gasteiger partial charge in [0.1, 0.15) is 0 Å². The van der Waals surface area contributed by atoms with Crippen molar-refractivity contribution in [3.63, 3.8) is 0 Å². The van der Waals surface area contributed by atoms with Gasteiger partial charge in [0, 0.05) is 37.3 Å². The first-order valence-electron chi connectivity index (χ1n) is 11.9. The van der Waals surface area contributed by atoms with Crippen LogP contribution in [0.3, 0.4) is 0 Å². The first kappa shape index (κ1) is 23.8. The van der Waals surface area contributed by atoms with Crippen molar-refractivity contribution in [3.8, 4) is 0 Å². The molecule has 0 amide bonds. The van der Waals surface area contributed by atoms with Crippen LogP contribution in [0.1, 0.15) is 48.3 Å². The highest BCUT2D eigenvalue weighted by atomic mass is 16.3. The highest BCUT2D eigenvalue weighted by Crippen LogP contribution is 2.25. The van der Waals surface area contributed by atoms with E-state index >= 15 is 0 Å². The van der Waals surface area contributed by atoms with Gasteiger partial charge in [-0.25, -0.2) is 4.68 Å². The Morgan fingerprint density at radius 1 is 1.15 bits per heavy atom. The number of rotatable bonds is 11. The Balaban J connectivity index is 1.60. The minimum absolute atomic E-state index is 0.0788. The van der Waals surface area contributed by atoms with Crippen molar-refractivity contribution in [3.05, 3.63) is 87.5 Å². The molecule has 0 aliphatic heterocycles. The molecule has 8 heteroatoms. The van der Waals surface area contributed by atoms with Gasteiger partial charge in [-0.15, -0.1) is 5.10 Å². The molecule has 4 rings (SSSR count). The van der Waals surface area contributed by atoms with Crippen LogP contribution >= 0.6 is 0 Å². The van der Waals surface area contributed by atoms with Crippen LogP contribution in [0, 0.1) is 6.92 Å². The summed E-state index contributed by atoms with van der Waals surface area (Å²) in [6, 6.07) is 18.2. The molecule has 0 saturated carbocycles.